The molecule has 2 N–H and O–H groups in total. The normalized spacial score (nSPS) is 21.0. The van der Waals surface area contributed by atoms with Crippen molar-refractivity contribution in [2.75, 3.05) is 19.8 Å². The van der Waals surface area contributed by atoms with Crippen LogP contribution < -0.4 is 10.0 Å². The molecule has 1 aliphatic heterocycles. The second-order valence-corrected chi connectivity index (χ2v) is 8.26. The fourth-order valence-corrected chi connectivity index (χ4v) is 4.14. The van der Waals surface area contributed by atoms with Crippen molar-refractivity contribution in [1.82, 2.24) is 10.0 Å². The molecule has 1 atom stereocenters. The molecule has 1 heterocycles. The summed E-state index contributed by atoms with van der Waals surface area (Å²) in [6.07, 6.45) is 7.11. The molecule has 6 nitrogen and oxygen atoms in total. The summed E-state index contributed by atoms with van der Waals surface area (Å²) in [4.78, 5) is 12.4. The molecule has 0 radical (unpaired) electrons. The van der Waals surface area contributed by atoms with E-state index in [1.165, 1.54) is 18.6 Å². The molecule has 25 heavy (non-hydrogen) atoms. The van der Waals surface area contributed by atoms with E-state index in [0.29, 0.717) is 25.3 Å². The Balaban J connectivity index is 1.66. The van der Waals surface area contributed by atoms with Crippen LogP contribution in [0.5, 0.6) is 0 Å². The van der Waals surface area contributed by atoms with Gasteiger partial charge in [0.25, 0.3) is 5.91 Å². The summed E-state index contributed by atoms with van der Waals surface area (Å²) in [6, 6.07) is 6.13. The van der Waals surface area contributed by atoms with Gasteiger partial charge in [-0.3, -0.25) is 4.79 Å². The van der Waals surface area contributed by atoms with E-state index >= 15 is 0 Å². The van der Waals surface area contributed by atoms with E-state index in [1.807, 2.05) is 0 Å². The summed E-state index contributed by atoms with van der Waals surface area (Å²) in [5.41, 5.74) is 1.47. The Kier molecular flexibility index (Phi) is 5.88. The van der Waals surface area contributed by atoms with Crippen LogP contribution in [-0.4, -0.2) is 40.1 Å². The van der Waals surface area contributed by atoms with Gasteiger partial charge in [-0.25, -0.2) is 13.1 Å². The van der Waals surface area contributed by atoms with Crippen LogP contribution in [0.1, 0.15) is 42.5 Å². The summed E-state index contributed by atoms with van der Waals surface area (Å²) in [5, 5.41) is 2.87. The number of sulfonamides is 1. The summed E-state index contributed by atoms with van der Waals surface area (Å²) in [7, 11) is -3.64. The average molecular weight is 364 g/mol. The molecule has 1 aliphatic carbocycles. The molecule has 0 bridgehead atoms. The molecule has 1 aromatic carbocycles. The molecular formula is C18H24N2O4S. The zero-order valence-electron chi connectivity index (χ0n) is 14.2. The van der Waals surface area contributed by atoms with Gasteiger partial charge in [0, 0.05) is 18.7 Å². The monoisotopic (exact) mass is 364 g/mol. The smallest absolute Gasteiger partial charge is 0.251 e. The average Bonchev–Trinajstić information content (AvgIpc) is 3.14. The molecule has 3 rings (SSSR count). The number of carbonyl (C=O) groups is 1. The third-order valence-corrected chi connectivity index (χ3v) is 5.94. The number of hydrogen-bond acceptors (Lipinski definition) is 4. The number of nitrogens with one attached hydrogen (secondary N) is 2. The van der Waals surface area contributed by atoms with E-state index in [4.69, 9.17) is 4.74 Å². The molecule has 1 saturated heterocycles. The lowest BCUT2D eigenvalue weighted by molar-refractivity contribution is 0.0929. The SMILES string of the molecule is O=C(NC1CCOC1)c1cccc(S(=O)(=O)NCC2=CCCCC2)c1. The molecule has 0 aromatic heterocycles. The van der Waals surface area contributed by atoms with Crippen molar-refractivity contribution >= 4 is 15.9 Å². The fourth-order valence-electron chi connectivity index (χ4n) is 3.06. The number of hydrogen-bond donors (Lipinski definition) is 2. The first-order chi connectivity index (χ1) is 12.0. The predicted molar refractivity (Wildman–Crippen MR) is 94.9 cm³/mol. The summed E-state index contributed by atoms with van der Waals surface area (Å²) in [6.45, 7) is 1.47. The van der Waals surface area contributed by atoms with Gasteiger partial charge in [-0.05, 0) is 50.3 Å². The molecule has 0 saturated carbocycles. The number of allylic oxidation sites excluding steroid dienone is 1. The predicted octanol–water partition coefficient (Wildman–Crippen LogP) is 1.98. The number of rotatable bonds is 6. The van der Waals surface area contributed by atoms with E-state index in [1.54, 1.807) is 12.1 Å². The molecule has 2 aliphatic rings. The third-order valence-electron chi connectivity index (χ3n) is 4.55. The van der Waals surface area contributed by atoms with E-state index in [2.05, 4.69) is 16.1 Å². The Labute approximate surface area is 148 Å². The van der Waals surface area contributed by atoms with Crippen LogP contribution >= 0.6 is 0 Å². The van der Waals surface area contributed by atoms with E-state index in [9.17, 15) is 13.2 Å². The zero-order valence-corrected chi connectivity index (χ0v) is 15.0. The van der Waals surface area contributed by atoms with Crippen molar-refractivity contribution in [3.05, 3.63) is 41.5 Å². The van der Waals surface area contributed by atoms with Crippen LogP contribution in [0.4, 0.5) is 0 Å². The van der Waals surface area contributed by atoms with Gasteiger partial charge >= 0.3 is 0 Å². The minimum atomic E-state index is -3.64. The van der Waals surface area contributed by atoms with E-state index in [-0.39, 0.29) is 16.8 Å². The fraction of sp³-hybridized carbons (Fsp3) is 0.500. The third kappa shape index (κ3) is 4.90. The molecule has 136 valence electrons. The van der Waals surface area contributed by atoms with Crippen LogP contribution in [0.2, 0.25) is 0 Å². The molecule has 1 aromatic rings. The van der Waals surface area contributed by atoms with Crippen LogP contribution in [0, 0.1) is 0 Å². The van der Waals surface area contributed by atoms with Gasteiger partial charge in [0.15, 0.2) is 0 Å². The largest absolute Gasteiger partial charge is 0.379 e. The van der Waals surface area contributed by atoms with Crippen molar-refractivity contribution in [3.8, 4) is 0 Å². The summed E-state index contributed by atoms with van der Waals surface area (Å²) >= 11 is 0. The number of ether oxygens (including phenoxy) is 1. The Bertz CT molecular complexity index is 752. The Morgan fingerprint density at radius 2 is 2.16 bits per heavy atom. The Morgan fingerprint density at radius 3 is 2.88 bits per heavy atom. The molecule has 7 heteroatoms. The molecule has 1 unspecified atom stereocenters. The van der Waals surface area contributed by atoms with Crippen molar-refractivity contribution in [1.29, 1.82) is 0 Å². The second kappa shape index (κ2) is 8.12. The van der Waals surface area contributed by atoms with Crippen molar-refractivity contribution in [3.63, 3.8) is 0 Å². The van der Waals surface area contributed by atoms with Gasteiger partial charge in [-0.2, -0.15) is 0 Å². The van der Waals surface area contributed by atoms with Crippen molar-refractivity contribution in [2.45, 2.75) is 43.0 Å². The highest BCUT2D eigenvalue weighted by molar-refractivity contribution is 7.89. The minimum absolute atomic E-state index is 0.0101. The van der Waals surface area contributed by atoms with Crippen LogP contribution in [0.15, 0.2) is 40.8 Å². The maximum atomic E-state index is 12.5. The quantitative estimate of drug-likeness (QED) is 0.756. The van der Waals surface area contributed by atoms with Crippen LogP contribution in [0.3, 0.4) is 0 Å². The van der Waals surface area contributed by atoms with Gasteiger partial charge in [0.2, 0.25) is 10.0 Å². The number of carbonyl (C=O) groups excluding carboxylic acids is 1. The van der Waals surface area contributed by atoms with E-state index in [0.717, 1.165) is 31.3 Å². The topological polar surface area (TPSA) is 84.5 Å². The Hall–Kier alpha value is -1.70. The lowest BCUT2D eigenvalue weighted by Crippen LogP contribution is -2.35. The minimum Gasteiger partial charge on any atom is -0.379 e. The summed E-state index contributed by atoms with van der Waals surface area (Å²) in [5.74, 6) is -0.275. The standard InChI is InChI=1S/C18H24N2O4S/c21-18(20-16-9-10-24-13-16)15-7-4-8-17(11-15)25(22,23)19-12-14-5-2-1-3-6-14/h4-5,7-8,11,16,19H,1-3,6,9-10,12-13H2,(H,20,21). The molecule has 0 spiro atoms. The highest BCUT2D eigenvalue weighted by Crippen LogP contribution is 2.18. The van der Waals surface area contributed by atoms with Crippen LogP contribution in [0.25, 0.3) is 0 Å². The van der Waals surface area contributed by atoms with Gasteiger partial charge in [-0.15, -0.1) is 0 Å². The van der Waals surface area contributed by atoms with E-state index < -0.39 is 10.0 Å². The van der Waals surface area contributed by atoms with Gasteiger partial charge in [0.1, 0.15) is 0 Å². The van der Waals surface area contributed by atoms with Gasteiger partial charge in [-0.1, -0.05) is 17.7 Å². The first-order valence-corrected chi connectivity index (χ1v) is 10.2. The zero-order chi connectivity index (χ0) is 17.7. The lowest BCUT2D eigenvalue weighted by Gasteiger charge is -2.14. The van der Waals surface area contributed by atoms with Crippen molar-refractivity contribution < 1.29 is 17.9 Å². The first-order valence-electron chi connectivity index (χ1n) is 8.71. The number of benzene rings is 1. The lowest BCUT2D eigenvalue weighted by atomic mass is 10.0. The van der Waals surface area contributed by atoms with Gasteiger partial charge in [0.05, 0.1) is 17.5 Å². The highest BCUT2D eigenvalue weighted by Gasteiger charge is 2.20. The highest BCUT2D eigenvalue weighted by atomic mass is 32.2. The number of amides is 1. The summed E-state index contributed by atoms with van der Waals surface area (Å²) < 4.78 is 32.9. The molecule has 1 fully saturated rings. The van der Waals surface area contributed by atoms with Crippen LogP contribution in [-0.2, 0) is 14.8 Å². The second-order valence-electron chi connectivity index (χ2n) is 6.49. The maximum Gasteiger partial charge on any atom is 0.251 e. The van der Waals surface area contributed by atoms with Gasteiger partial charge < -0.3 is 10.1 Å². The molecular weight excluding hydrogens is 340 g/mol. The van der Waals surface area contributed by atoms with Crippen molar-refractivity contribution in [2.24, 2.45) is 0 Å². The molecule has 1 amide bonds. The maximum absolute atomic E-state index is 12.5. The Morgan fingerprint density at radius 1 is 1.28 bits per heavy atom. The first kappa shape index (κ1) is 18.1.